The van der Waals surface area contributed by atoms with Gasteiger partial charge in [0.1, 0.15) is 6.61 Å². The highest BCUT2D eigenvalue weighted by Gasteiger charge is 2.37. The highest BCUT2D eigenvalue weighted by atomic mass is 16.5. The number of ether oxygens (including phenoxy) is 1. The molecule has 0 amide bonds. The van der Waals surface area contributed by atoms with Gasteiger partial charge in [-0.2, -0.15) is 0 Å². The van der Waals surface area contributed by atoms with Crippen LogP contribution in [-0.4, -0.2) is 24.6 Å². The number of hydrogen-bond acceptors (Lipinski definition) is 3. The fourth-order valence-corrected chi connectivity index (χ4v) is 2.17. The standard InChI is InChI=1S/C14H18N2O/c15-14(6-7-14)5-4-11-2-1-3-12(10-11)13-16-8-9-17-13/h1-3,10H,4-9,15H2. The molecule has 0 unspecified atom stereocenters. The highest BCUT2D eigenvalue weighted by Crippen LogP contribution is 2.36. The Morgan fingerprint density at radius 2 is 2.24 bits per heavy atom. The molecule has 2 aliphatic rings. The summed E-state index contributed by atoms with van der Waals surface area (Å²) >= 11 is 0. The number of nitrogens with two attached hydrogens (primary N) is 1. The van der Waals surface area contributed by atoms with E-state index in [0.29, 0.717) is 6.61 Å². The molecule has 90 valence electrons. The van der Waals surface area contributed by atoms with Crippen molar-refractivity contribution < 1.29 is 4.74 Å². The summed E-state index contributed by atoms with van der Waals surface area (Å²) in [7, 11) is 0. The first-order valence-corrected chi connectivity index (χ1v) is 6.31. The molecule has 1 aromatic carbocycles. The highest BCUT2D eigenvalue weighted by molar-refractivity contribution is 5.95. The van der Waals surface area contributed by atoms with Gasteiger partial charge in [0.05, 0.1) is 6.54 Å². The van der Waals surface area contributed by atoms with Crippen molar-refractivity contribution in [3.05, 3.63) is 35.4 Å². The topological polar surface area (TPSA) is 47.6 Å². The molecule has 1 saturated carbocycles. The lowest BCUT2D eigenvalue weighted by atomic mass is 10.0. The van der Waals surface area contributed by atoms with Crippen LogP contribution in [-0.2, 0) is 11.2 Å². The summed E-state index contributed by atoms with van der Waals surface area (Å²) in [4.78, 5) is 4.34. The van der Waals surface area contributed by atoms with Crippen molar-refractivity contribution in [2.45, 2.75) is 31.2 Å². The van der Waals surface area contributed by atoms with E-state index in [4.69, 9.17) is 10.5 Å². The Balaban J connectivity index is 1.70. The van der Waals surface area contributed by atoms with E-state index in [-0.39, 0.29) is 5.54 Å². The number of rotatable bonds is 4. The predicted molar refractivity (Wildman–Crippen MR) is 68.3 cm³/mol. The summed E-state index contributed by atoms with van der Waals surface area (Å²) in [5, 5.41) is 0. The average Bonchev–Trinajstić information content (AvgIpc) is 2.88. The summed E-state index contributed by atoms with van der Waals surface area (Å²) in [5.41, 5.74) is 8.67. The molecule has 0 bridgehead atoms. The third kappa shape index (κ3) is 2.50. The van der Waals surface area contributed by atoms with Crippen LogP contribution in [0.4, 0.5) is 0 Å². The van der Waals surface area contributed by atoms with Gasteiger partial charge in [-0.1, -0.05) is 12.1 Å². The lowest BCUT2D eigenvalue weighted by Gasteiger charge is -2.09. The molecule has 3 nitrogen and oxygen atoms in total. The lowest BCUT2D eigenvalue weighted by molar-refractivity contribution is 0.348. The first-order valence-electron chi connectivity index (χ1n) is 6.31. The fraction of sp³-hybridized carbons (Fsp3) is 0.500. The van der Waals surface area contributed by atoms with E-state index in [2.05, 4.69) is 29.3 Å². The van der Waals surface area contributed by atoms with Crippen molar-refractivity contribution >= 4 is 5.90 Å². The molecule has 0 saturated heterocycles. The van der Waals surface area contributed by atoms with Gasteiger partial charge in [-0.3, -0.25) is 0 Å². The minimum absolute atomic E-state index is 0.136. The number of hydrogen-bond donors (Lipinski definition) is 1. The SMILES string of the molecule is NC1(CCc2cccc(C3=NCCO3)c2)CC1. The zero-order valence-corrected chi connectivity index (χ0v) is 9.98. The normalized spacial score (nSPS) is 20.9. The molecule has 3 rings (SSSR count). The second-order valence-corrected chi connectivity index (χ2v) is 5.10. The van der Waals surface area contributed by atoms with E-state index in [9.17, 15) is 0 Å². The van der Waals surface area contributed by atoms with Gasteiger partial charge >= 0.3 is 0 Å². The zero-order chi connectivity index (χ0) is 11.7. The monoisotopic (exact) mass is 230 g/mol. The molecule has 0 aromatic heterocycles. The summed E-state index contributed by atoms with van der Waals surface area (Å²) < 4.78 is 5.48. The Kier molecular flexibility index (Phi) is 2.63. The van der Waals surface area contributed by atoms with Crippen LogP contribution in [0.1, 0.15) is 30.4 Å². The fourth-order valence-electron chi connectivity index (χ4n) is 2.17. The molecule has 0 spiro atoms. The Hall–Kier alpha value is -1.35. The van der Waals surface area contributed by atoms with Gasteiger partial charge in [0.2, 0.25) is 5.90 Å². The van der Waals surface area contributed by atoms with Crippen molar-refractivity contribution in [2.75, 3.05) is 13.2 Å². The smallest absolute Gasteiger partial charge is 0.216 e. The summed E-state index contributed by atoms with van der Waals surface area (Å²) in [6.07, 6.45) is 4.51. The number of aliphatic imine (C=N–C) groups is 1. The second kappa shape index (κ2) is 4.15. The van der Waals surface area contributed by atoms with Gasteiger partial charge in [-0.25, -0.2) is 4.99 Å². The van der Waals surface area contributed by atoms with Crippen LogP contribution in [0, 0.1) is 0 Å². The minimum atomic E-state index is 0.136. The average molecular weight is 230 g/mol. The molecule has 1 aliphatic heterocycles. The summed E-state index contributed by atoms with van der Waals surface area (Å²) in [6, 6.07) is 8.47. The van der Waals surface area contributed by atoms with Crippen LogP contribution < -0.4 is 5.73 Å². The van der Waals surface area contributed by atoms with Crippen LogP contribution >= 0.6 is 0 Å². The van der Waals surface area contributed by atoms with Crippen LogP contribution in [0.3, 0.4) is 0 Å². The number of benzene rings is 1. The maximum absolute atomic E-state index is 6.11. The van der Waals surface area contributed by atoms with Gasteiger partial charge < -0.3 is 10.5 Å². The van der Waals surface area contributed by atoms with Crippen LogP contribution in [0.15, 0.2) is 29.3 Å². The molecule has 0 atom stereocenters. The quantitative estimate of drug-likeness (QED) is 0.858. The van der Waals surface area contributed by atoms with Crippen LogP contribution in [0.5, 0.6) is 0 Å². The Labute approximate surface area is 102 Å². The lowest BCUT2D eigenvalue weighted by Crippen LogP contribution is -2.22. The maximum Gasteiger partial charge on any atom is 0.216 e. The molecule has 2 N–H and O–H groups in total. The largest absolute Gasteiger partial charge is 0.476 e. The molecular weight excluding hydrogens is 212 g/mol. The van der Waals surface area contributed by atoms with Gasteiger partial charge in [0.25, 0.3) is 0 Å². The van der Waals surface area contributed by atoms with Crippen LogP contribution in [0.2, 0.25) is 0 Å². The van der Waals surface area contributed by atoms with E-state index in [1.54, 1.807) is 0 Å². The van der Waals surface area contributed by atoms with E-state index in [0.717, 1.165) is 30.8 Å². The van der Waals surface area contributed by atoms with E-state index >= 15 is 0 Å². The van der Waals surface area contributed by atoms with E-state index < -0.39 is 0 Å². The Morgan fingerprint density at radius 1 is 1.35 bits per heavy atom. The molecule has 1 heterocycles. The van der Waals surface area contributed by atoms with Gasteiger partial charge in [0, 0.05) is 11.1 Å². The Morgan fingerprint density at radius 3 is 2.94 bits per heavy atom. The minimum Gasteiger partial charge on any atom is -0.476 e. The molecule has 3 heteroatoms. The second-order valence-electron chi connectivity index (χ2n) is 5.10. The van der Waals surface area contributed by atoms with Crippen LogP contribution in [0.25, 0.3) is 0 Å². The first-order chi connectivity index (χ1) is 8.25. The molecule has 1 fully saturated rings. The van der Waals surface area contributed by atoms with Crippen molar-refractivity contribution in [3.8, 4) is 0 Å². The third-order valence-electron chi connectivity index (χ3n) is 3.56. The van der Waals surface area contributed by atoms with Crippen molar-refractivity contribution in [1.29, 1.82) is 0 Å². The summed E-state index contributed by atoms with van der Waals surface area (Å²) in [6.45, 7) is 1.50. The summed E-state index contributed by atoms with van der Waals surface area (Å²) in [5.74, 6) is 0.792. The third-order valence-corrected chi connectivity index (χ3v) is 3.56. The maximum atomic E-state index is 6.11. The number of aryl methyl sites for hydroxylation is 1. The van der Waals surface area contributed by atoms with Gasteiger partial charge in [-0.05, 0) is 43.4 Å². The first kappa shape index (κ1) is 10.8. The van der Waals surface area contributed by atoms with Crippen molar-refractivity contribution in [1.82, 2.24) is 0 Å². The van der Waals surface area contributed by atoms with E-state index in [1.165, 1.54) is 18.4 Å². The molecule has 1 aromatic rings. The van der Waals surface area contributed by atoms with Crippen molar-refractivity contribution in [3.63, 3.8) is 0 Å². The van der Waals surface area contributed by atoms with E-state index in [1.807, 2.05) is 0 Å². The predicted octanol–water partition coefficient (Wildman–Crippen LogP) is 1.89. The van der Waals surface area contributed by atoms with Gasteiger partial charge in [-0.15, -0.1) is 0 Å². The molecule has 0 radical (unpaired) electrons. The zero-order valence-electron chi connectivity index (χ0n) is 9.98. The number of nitrogens with zero attached hydrogens (tertiary/aromatic N) is 1. The molecular formula is C14H18N2O. The molecule has 17 heavy (non-hydrogen) atoms. The van der Waals surface area contributed by atoms with Crippen molar-refractivity contribution in [2.24, 2.45) is 10.7 Å². The Bertz CT molecular complexity index is 449. The molecule has 1 aliphatic carbocycles. The van der Waals surface area contributed by atoms with Gasteiger partial charge in [0.15, 0.2) is 0 Å².